The molecule has 0 saturated carbocycles. The minimum absolute atomic E-state index is 0.185. The summed E-state index contributed by atoms with van der Waals surface area (Å²) < 4.78 is 21.5. The summed E-state index contributed by atoms with van der Waals surface area (Å²) in [5.74, 6) is -1.63. The SMILES string of the molecule is CCCCC(=O)OCC(COC(=O)CCC)(COC(=O)CCC)COC(=O)CCCC. The molecule has 0 amide bonds. The molecule has 31 heavy (non-hydrogen) atoms. The lowest BCUT2D eigenvalue weighted by molar-refractivity contribution is -0.170. The Morgan fingerprint density at radius 3 is 1.03 bits per heavy atom. The maximum absolute atomic E-state index is 12.1. The molecule has 0 unspecified atom stereocenters. The van der Waals surface area contributed by atoms with E-state index >= 15 is 0 Å². The standard InChI is InChI=1S/C23H40O8/c1-5-9-13-21(26)30-17-23(15-28-19(24)11-7-3,16-29-20(25)12-8-4)18-31-22(27)14-10-6-2/h5-18H2,1-4H3. The van der Waals surface area contributed by atoms with Gasteiger partial charge in [-0.1, -0.05) is 40.5 Å². The molecule has 0 heterocycles. The zero-order valence-electron chi connectivity index (χ0n) is 19.7. The van der Waals surface area contributed by atoms with Crippen LogP contribution in [0.4, 0.5) is 0 Å². The number of esters is 4. The molecule has 0 saturated heterocycles. The first-order valence-electron chi connectivity index (χ1n) is 11.4. The highest BCUT2D eigenvalue weighted by Gasteiger charge is 2.37. The van der Waals surface area contributed by atoms with Gasteiger partial charge in [-0.05, 0) is 25.7 Å². The number of hydrogen-bond acceptors (Lipinski definition) is 8. The van der Waals surface area contributed by atoms with Crippen molar-refractivity contribution in [1.82, 2.24) is 0 Å². The topological polar surface area (TPSA) is 105 Å². The molecule has 0 aromatic carbocycles. The fraction of sp³-hybridized carbons (Fsp3) is 0.826. The van der Waals surface area contributed by atoms with Gasteiger partial charge in [0.2, 0.25) is 0 Å². The highest BCUT2D eigenvalue weighted by atomic mass is 16.6. The lowest BCUT2D eigenvalue weighted by Crippen LogP contribution is -2.44. The molecule has 0 aliphatic carbocycles. The molecular formula is C23H40O8. The van der Waals surface area contributed by atoms with Gasteiger partial charge in [0.1, 0.15) is 31.8 Å². The van der Waals surface area contributed by atoms with Gasteiger partial charge in [0, 0.05) is 25.7 Å². The molecule has 0 aliphatic heterocycles. The van der Waals surface area contributed by atoms with Crippen molar-refractivity contribution in [2.24, 2.45) is 5.41 Å². The van der Waals surface area contributed by atoms with Crippen LogP contribution in [0, 0.1) is 5.41 Å². The van der Waals surface area contributed by atoms with Crippen LogP contribution in [0.5, 0.6) is 0 Å². The van der Waals surface area contributed by atoms with Gasteiger partial charge in [0.15, 0.2) is 0 Å². The second-order valence-electron chi connectivity index (χ2n) is 7.85. The number of carbonyl (C=O) groups is 4. The third-order valence-corrected chi connectivity index (χ3v) is 4.53. The van der Waals surface area contributed by atoms with Gasteiger partial charge in [-0.25, -0.2) is 0 Å². The van der Waals surface area contributed by atoms with Crippen LogP contribution in [-0.2, 0) is 38.1 Å². The summed E-state index contributed by atoms with van der Waals surface area (Å²) in [7, 11) is 0. The van der Waals surface area contributed by atoms with Crippen LogP contribution in [0.25, 0.3) is 0 Å². The maximum Gasteiger partial charge on any atom is 0.305 e. The van der Waals surface area contributed by atoms with E-state index in [1.807, 2.05) is 27.7 Å². The van der Waals surface area contributed by atoms with Crippen molar-refractivity contribution in [2.45, 2.75) is 91.9 Å². The maximum atomic E-state index is 12.1. The molecular weight excluding hydrogens is 404 g/mol. The van der Waals surface area contributed by atoms with E-state index in [0.29, 0.717) is 25.7 Å². The summed E-state index contributed by atoms with van der Waals surface area (Å²) in [6, 6.07) is 0. The van der Waals surface area contributed by atoms with Crippen molar-refractivity contribution in [3.63, 3.8) is 0 Å². The molecule has 0 atom stereocenters. The molecule has 0 aromatic rings. The normalized spacial score (nSPS) is 11.0. The van der Waals surface area contributed by atoms with E-state index < -0.39 is 29.3 Å². The summed E-state index contributed by atoms with van der Waals surface area (Å²) in [4.78, 5) is 48.0. The second kappa shape index (κ2) is 17.5. The van der Waals surface area contributed by atoms with Crippen LogP contribution >= 0.6 is 0 Å². The van der Waals surface area contributed by atoms with Gasteiger partial charge >= 0.3 is 23.9 Å². The van der Waals surface area contributed by atoms with Gasteiger partial charge in [-0.2, -0.15) is 0 Å². The average Bonchev–Trinajstić information content (AvgIpc) is 2.75. The summed E-state index contributed by atoms with van der Waals surface area (Å²) in [6.07, 6.45) is 5.30. The summed E-state index contributed by atoms with van der Waals surface area (Å²) >= 11 is 0. The van der Waals surface area contributed by atoms with Gasteiger partial charge in [0.05, 0.1) is 0 Å². The van der Waals surface area contributed by atoms with Gasteiger partial charge in [0.25, 0.3) is 0 Å². The number of rotatable bonds is 18. The predicted octanol–water partition coefficient (Wildman–Crippen LogP) is 4.13. The Kier molecular flexibility index (Phi) is 16.3. The number of hydrogen-bond donors (Lipinski definition) is 0. The van der Waals surface area contributed by atoms with Gasteiger partial charge < -0.3 is 18.9 Å². The molecule has 0 N–H and O–H groups in total. The van der Waals surface area contributed by atoms with E-state index in [1.54, 1.807) is 0 Å². The average molecular weight is 445 g/mol. The Bertz CT molecular complexity index is 496. The Morgan fingerprint density at radius 2 is 0.774 bits per heavy atom. The van der Waals surface area contributed by atoms with Crippen molar-refractivity contribution in [1.29, 1.82) is 0 Å². The fourth-order valence-electron chi connectivity index (χ4n) is 2.52. The van der Waals surface area contributed by atoms with E-state index in [9.17, 15) is 19.2 Å². The number of ether oxygens (including phenoxy) is 4. The van der Waals surface area contributed by atoms with Crippen LogP contribution in [-0.4, -0.2) is 50.3 Å². The lowest BCUT2D eigenvalue weighted by Gasteiger charge is -2.31. The minimum atomic E-state index is -1.16. The van der Waals surface area contributed by atoms with Crippen LogP contribution in [0.1, 0.15) is 91.9 Å². The van der Waals surface area contributed by atoms with Crippen molar-refractivity contribution >= 4 is 23.9 Å². The molecule has 0 aliphatic rings. The first kappa shape index (κ1) is 28.9. The van der Waals surface area contributed by atoms with Crippen molar-refractivity contribution in [3.8, 4) is 0 Å². The number of unbranched alkanes of at least 4 members (excludes halogenated alkanes) is 2. The summed E-state index contributed by atoms with van der Waals surface area (Å²) in [5, 5.41) is 0. The third kappa shape index (κ3) is 14.5. The van der Waals surface area contributed by atoms with Crippen LogP contribution in [0.2, 0.25) is 0 Å². The monoisotopic (exact) mass is 444 g/mol. The molecule has 180 valence electrons. The molecule has 0 radical (unpaired) electrons. The largest absolute Gasteiger partial charge is 0.465 e. The predicted molar refractivity (Wildman–Crippen MR) is 115 cm³/mol. The van der Waals surface area contributed by atoms with Gasteiger partial charge in [-0.15, -0.1) is 0 Å². The third-order valence-electron chi connectivity index (χ3n) is 4.53. The van der Waals surface area contributed by atoms with Crippen molar-refractivity contribution in [3.05, 3.63) is 0 Å². The lowest BCUT2D eigenvalue weighted by atomic mass is 9.92. The number of carbonyl (C=O) groups excluding carboxylic acids is 4. The van der Waals surface area contributed by atoms with E-state index in [4.69, 9.17) is 18.9 Å². The molecule has 8 nitrogen and oxygen atoms in total. The van der Waals surface area contributed by atoms with Crippen LogP contribution in [0.3, 0.4) is 0 Å². The first-order chi connectivity index (χ1) is 14.8. The second-order valence-corrected chi connectivity index (χ2v) is 7.85. The Morgan fingerprint density at radius 1 is 0.484 bits per heavy atom. The van der Waals surface area contributed by atoms with E-state index in [0.717, 1.165) is 12.8 Å². The fourth-order valence-corrected chi connectivity index (χ4v) is 2.52. The summed E-state index contributed by atoms with van der Waals surface area (Å²) in [6.45, 7) is 6.89. The molecule has 0 spiro atoms. The zero-order valence-corrected chi connectivity index (χ0v) is 19.7. The molecule has 0 bridgehead atoms. The van der Waals surface area contributed by atoms with E-state index in [1.165, 1.54) is 0 Å². The Hall–Kier alpha value is -2.12. The Labute approximate surface area is 186 Å². The minimum Gasteiger partial charge on any atom is -0.465 e. The van der Waals surface area contributed by atoms with E-state index in [2.05, 4.69) is 0 Å². The summed E-state index contributed by atoms with van der Waals surface area (Å²) in [5.41, 5.74) is -1.16. The van der Waals surface area contributed by atoms with E-state index in [-0.39, 0.29) is 52.1 Å². The molecule has 0 rings (SSSR count). The Balaban J connectivity index is 5.37. The quantitative estimate of drug-likeness (QED) is 0.230. The molecule has 0 aromatic heterocycles. The zero-order chi connectivity index (χ0) is 23.5. The van der Waals surface area contributed by atoms with Crippen LogP contribution < -0.4 is 0 Å². The first-order valence-corrected chi connectivity index (χ1v) is 11.4. The van der Waals surface area contributed by atoms with Crippen LogP contribution in [0.15, 0.2) is 0 Å². The highest BCUT2D eigenvalue weighted by molar-refractivity contribution is 5.71. The van der Waals surface area contributed by atoms with Gasteiger partial charge in [-0.3, -0.25) is 19.2 Å². The highest BCUT2D eigenvalue weighted by Crippen LogP contribution is 2.23. The van der Waals surface area contributed by atoms with Crippen molar-refractivity contribution < 1.29 is 38.1 Å². The molecule has 0 fully saturated rings. The molecule has 8 heteroatoms. The van der Waals surface area contributed by atoms with Crippen molar-refractivity contribution in [2.75, 3.05) is 26.4 Å². The smallest absolute Gasteiger partial charge is 0.305 e.